The van der Waals surface area contributed by atoms with Crippen LogP contribution < -0.4 is 0 Å². The molecule has 0 aromatic rings. The molecular weight excluding hydrogens is 760 g/mol. The van der Waals surface area contributed by atoms with E-state index in [1.54, 1.807) is 0 Å². The lowest BCUT2D eigenvalue weighted by Gasteiger charge is -2.46. The second-order valence-electron chi connectivity index (χ2n) is 15.7. The predicted octanol–water partition coefficient (Wildman–Crippen LogP) is 5.73. The van der Waals surface area contributed by atoms with E-state index in [0.29, 0.717) is 25.7 Å². The quantitative estimate of drug-likeness (QED) is 0.108. The summed E-state index contributed by atoms with van der Waals surface area (Å²) >= 11 is 0. The van der Waals surface area contributed by atoms with Crippen molar-refractivity contribution in [3.05, 3.63) is 94.9 Å². The number of ether oxygens (including phenoxy) is 8. The van der Waals surface area contributed by atoms with Crippen LogP contribution in [0.25, 0.3) is 0 Å². The van der Waals surface area contributed by atoms with E-state index in [1.165, 1.54) is 60.8 Å². The summed E-state index contributed by atoms with van der Waals surface area (Å²) in [5, 5.41) is 21.1. The smallest absolute Gasteiger partial charge is 0.348 e. The molecule has 5 fully saturated rings. The molecule has 2 saturated heterocycles. The molecule has 0 amide bonds. The number of aliphatic hydroxyl groups excluding tert-OH is 2. The summed E-state index contributed by atoms with van der Waals surface area (Å²) in [4.78, 5) is 76.6. The Morgan fingerprint density at radius 3 is 1.21 bits per heavy atom. The van der Waals surface area contributed by atoms with Crippen LogP contribution in [0.4, 0.5) is 0 Å². The van der Waals surface area contributed by atoms with E-state index < -0.39 is 76.4 Å². The molecule has 4 heterocycles. The zero-order chi connectivity index (χ0) is 41.3. The van der Waals surface area contributed by atoms with E-state index in [2.05, 4.69) is 0 Å². The van der Waals surface area contributed by atoms with Crippen LogP contribution in [0.5, 0.6) is 0 Å². The third-order valence-electron chi connectivity index (χ3n) is 11.1. The van der Waals surface area contributed by atoms with E-state index >= 15 is 0 Å². The average Bonchev–Trinajstić information content (AvgIpc) is 3.13. The van der Waals surface area contributed by atoms with Crippen molar-refractivity contribution < 1.29 is 76.9 Å². The molecule has 16 nitrogen and oxygen atoms in total. The summed E-state index contributed by atoms with van der Waals surface area (Å²) in [6.45, 7) is 4.03. The van der Waals surface area contributed by atoms with Crippen LogP contribution in [0.2, 0.25) is 0 Å². The number of carbonyl (C=O) groups is 6. The van der Waals surface area contributed by atoms with Crippen molar-refractivity contribution in [1.29, 1.82) is 0 Å². The third-order valence-corrected chi connectivity index (χ3v) is 11.1. The largest absolute Gasteiger partial charge is 0.480 e. The Bertz CT molecular complexity index is 1990. The normalized spacial score (nSPS) is 34.4. The monoisotopic (exact) mass is 804 g/mol. The van der Waals surface area contributed by atoms with Gasteiger partial charge in [-0.15, -0.1) is 0 Å². The highest BCUT2D eigenvalue weighted by molar-refractivity contribution is 6.16. The van der Waals surface area contributed by atoms with Crippen LogP contribution in [0.15, 0.2) is 94.9 Å². The van der Waals surface area contributed by atoms with Crippen LogP contribution >= 0.6 is 0 Å². The van der Waals surface area contributed by atoms with Gasteiger partial charge in [0.15, 0.2) is 0 Å². The molecule has 0 radical (unpaired) electrons. The van der Waals surface area contributed by atoms with Crippen LogP contribution in [-0.4, -0.2) is 69.2 Å². The maximum atomic E-state index is 12.9. The first-order valence-electron chi connectivity index (χ1n) is 19.4. The molecule has 0 aromatic carbocycles. The first kappa shape index (κ1) is 40.1. The second kappa shape index (κ2) is 15.7. The Kier molecular flexibility index (Phi) is 10.9. The Morgan fingerprint density at radius 1 is 0.448 bits per heavy atom. The van der Waals surface area contributed by atoms with Crippen LogP contribution in [-0.2, 0) is 66.7 Å². The van der Waals surface area contributed by atoms with Gasteiger partial charge in [-0.05, 0) is 49.0 Å². The number of esters is 6. The number of aliphatic hydroxyl groups is 2. The lowest BCUT2D eigenvalue weighted by atomic mass is 9.85. The number of hydrogen-bond donors (Lipinski definition) is 2. The summed E-state index contributed by atoms with van der Waals surface area (Å²) in [6, 6.07) is 0. The topological polar surface area (TPSA) is 217 Å². The van der Waals surface area contributed by atoms with Gasteiger partial charge in [-0.3, -0.25) is 0 Å². The molecule has 3 saturated carbocycles. The Morgan fingerprint density at radius 2 is 0.793 bits per heavy atom. The van der Waals surface area contributed by atoms with Gasteiger partial charge < -0.3 is 48.1 Å². The molecule has 3 aliphatic carbocycles. The molecular formula is C42H44O16. The molecule has 7 aliphatic rings. The van der Waals surface area contributed by atoms with Crippen molar-refractivity contribution in [3.8, 4) is 0 Å². The molecule has 58 heavy (non-hydrogen) atoms. The van der Waals surface area contributed by atoms with E-state index in [-0.39, 0.29) is 54.2 Å². The minimum absolute atomic E-state index is 0.0983. The lowest BCUT2D eigenvalue weighted by Crippen LogP contribution is -2.54. The molecule has 4 spiro atoms. The Hall–Kier alpha value is -6.06. The maximum absolute atomic E-state index is 12.9. The van der Waals surface area contributed by atoms with Crippen molar-refractivity contribution in [3.63, 3.8) is 0 Å². The van der Waals surface area contributed by atoms with Crippen molar-refractivity contribution in [2.24, 2.45) is 11.8 Å². The van der Waals surface area contributed by atoms with Crippen molar-refractivity contribution in [2.75, 3.05) is 0 Å². The zero-order valence-electron chi connectivity index (χ0n) is 32.0. The fourth-order valence-electron chi connectivity index (χ4n) is 8.22. The summed E-state index contributed by atoms with van der Waals surface area (Å²) in [7, 11) is 0. The molecule has 3 unspecified atom stereocenters. The highest BCUT2D eigenvalue weighted by Crippen LogP contribution is 2.46. The molecule has 7 rings (SSSR count). The molecule has 4 aliphatic heterocycles. The number of hydrogen-bond acceptors (Lipinski definition) is 16. The Labute approximate surface area is 333 Å². The first-order valence-corrected chi connectivity index (χ1v) is 19.4. The maximum Gasteiger partial charge on any atom is 0.348 e. The average molecular weight is 805 g/mol. The molecule has 0 aromatic heterocycles. The Balaban J connectivity index is 0.904. The van der Waals surface area contributed by atoms with Crippen molar-refractivity contribution in [2.45, 2.75) is 114 Å². The number of rotatable bonds is 6. The lowest BCUT2D eigenvalue weighted by molar-refractivity contribution is -0.297. The molecule has 3 atom stereocenters. The van der Waals surface area contributed by atoms with Gasteiger partial charge in [-0.1, -0.05) is 63.1 Å². The van der Waals surface area contributed by atoms with Crippen LogP contribution in [0.3, 0.4) is 0 Å². The number of carbonyl (C=O) groups excluding carboxylic acids is 6. The predicted molar refractivity (Wildman–Crippen MR) is 195 cm³/mol. The fraction of sp³-hybridized carbons (Fsp3) is 0.476. The van der Waals surface area contributed by atoms with Gasteiger partial charge in [0.2, 0.25) is 0 Å². The van der Waals surface area contributed by atoms with Crippen molar-refractivity contribution in [1.82, 2.24) is 0 Å². The second-order valence-corrected chi connectivity index (χ2v) is 15.7. The van der Waals surface area contributed by atoms with Gasteiger partial charge >= 0.3 is 35.8 Å². The zero-order valence-corrected chi connectivity index (χ0v) is 32.0. The summed E-state index contributed by atoms with van der Waals surface area (Å²) in [5.74, 6) is -11.5. The van der Waals surface area contributed by atoms with Gasteiger partial charge in [0, 0.05) is 51.4 Å². The fourth-order valence-corrected chi connectivity index (χ4v) is 8.22. The van der Waals surface area contributed by atoms with Crippen molar-refractivity contribution >= 4 is 35.8 Å². The van der Waals surface area contributed by atoms with E-state index in [1.807, 2.05) is 13.8 Å². The first-order chi connectivity index (χ1) is 27.6. The van der Waals surface area contributed by atoms with Crippen LogP contribution in [0.1, 0.15) is 90.9 Å². The number of allylic oxidation sites excluding steroid dienone is 8. The summed E-state index contributed by atoms with van der Waals surface area (Å²) in [6.07, 6.45) is 18.1. The van der Waals surface area contributed by atoms with Gasteiger partial charge in [0.05, 0.1) is 0 Å². The van der Waals surface area contributed by atoms with E-state index in [4.69, 9.17) is 37.9 Å². The standard InChI is InChI=1S/C42H44O16/c1-25-11-9-17-41(23-25)55-35(47)29(36(48)56-41)15-7-3-5-13-27-31(43)51-39(52-32(27)44)19-21-40(22-20-39)53-33(45)28(34(46)54-40)14-6-4-8-16-30-37(49)57-42(58-38(30)50)18-10-12-26(2)24-42/h3-8,13-16,25-26,43,49H,9-12,17-24H2,1-2H3/b6-4+,7-3+,13-5+,16-8+,28-14?,29-15?. The molecule has 308 valence electrons. The van der Waals surface area contributed by atoms with Gasteiger partial charge in [0.1, 0.15) is 22.3 Å². The molecule has 2 N–H and O–H groups in total. The highest BCUT2D eigenvalue weighted by Gasteiger charge is 2.56. The van der Waals surface area contributed by atoms with Gasteiger partial charge in [0.25, 0.3) is 35.0 Å². The molecule has 16 heteroatoms. The highest BCUT2D eigenvalue weighted by atomic mass is 16.8. The van der Waals surface area contributed by atoms with Gasteiger partial charge in [-0.2, -0.15) is 0 Å². The van der Waals surface area contributed by atoms with Gasteiger partial charge in [-0.25, -0.2) is 28.8 Å². The summed E-state index contributed by atoms with van der Waals surface area (Å²) in [5.41, 5.74) is -1.15. The minimum Gasteiger partial charge on any atom is -0.480 e. The molecule has 0 bridgehead atoms. The summed E-state index contributed by atoms with van der Waals surface area (Å²) < 4.78 is 44.5. The van der Waals surface area contributed by atoms with E-state index in [0.717, 1.165) is 25.7 Å². The minimum atomic E-state index is -1.65. The third kappa shape index (κ3) is 8.31. The van der Waals surface area contributed by atoms with E-state index in [9.17, 15) is 39.0 Å². The van der Waals surface area contributed by atoms with Crippen LogP contribution in [0, 0.1) is 11.8 Å². The SMILES string of the molecule is CC1CCCC2(C1)OC(=O)C(=C/C=C/C=C/C1=C(O)OC3(CCC4(CC3)OC(=O)C(=C/C=C/C=C/C3=C(O)OC5(CCCC(C)C5)OC3=O)C(=O)O4)OC1=O)C(=O)O2.